The minimum absolute atomic E-state index is 0.579. The molecule has 0 spiro atoms. The van der Waals surface area contributed by atoms with Gasteiger partial charge in [0.15, 0.2) is 0 Å². The van der Waals surface area contributed by atoms with Crippen LogP contribution >= 0.6 is 0 Å². The number of aliphatic imine (C=N–C) groups is 1. The van der Waals surface area contributed by atoms with E-state index in [4.69, 9.17) is 0 Å². The highest BCUT2D eigenvalue weighted by molar-refractivity contribution is 5.59. The Morgan fingerprint density at radius 1 is 1.30 bits per heavy atom. The molecule has 0 aromatic heterocycles. The molecule has 10 heavy (non-hydrogen) atoms. The second-order valence-corrected chi connectivity index (χ2v) is 3.41. The van der Waals surface area contributed by atoms with E-state index in [-0.39, 0.29) is 0 Å². The Balaban J connectivity index is 2.04. The van der Waals surface area contributed by atoms with Crippen molar-refractivity contribution in [1.82, 2.24) is 5.32 Å². The third-order valence-corrected chi connectivity index (χ3v) is 2.93. The first kappa shape index (κ1) is 4.94. The van der Waals surface area contributed by atoms with Crippen molar-refractivity contribution in [2.45, 2.75) is 18.5 Å². The molecule has 0 aromatic carbocycles. The number of fused-ring (bicyclic) bond motifs is 5. The van der Waals surface area contributed by atoms with E-state index in [1.165, 1.54) is 6.42 Å². The molecule has 2 bridgehead atoms. The van der Waals surface area contributed by atoms with Gasteiger partial charge in [0, 0.05) is 5.92 Å². The third kappa shape index (κ3) is 0.405. The summed E-state index contributed by atoms with van der Waals surface area (Å²) in [6.45, 7) is 0. The van der Waals surface area contributed by atoms with Crippen LogP contribution in [0.3, 0.4) is 0 Å². The first-order valence-corrected chi connectivity index (χ1v) is 3.91. The molecule has 1 N–H and O–H groups in total. The van der Waals surface area contributed by atoms with E-state index in [1.54, 1.807) is 0 Å². The average molecular weight is 134 g/mol. The molecule has 3 rings (SSSR count). The molecule has 0 amide bonds. The second kappa shape index (κ2) is 1.44. The number of rotatable bonds is 0. The molecule has 1 heterocycles. The molecule has 0 saturated heterocycles. The van der Waals surface area contributed by atoms with Crippen LogP contribution in [0.5, 0.6) is 0 Å². The predicted octanol–water partition coefficient (Wildman–Crippen LogP) is 0.561. The van der Waals surface area contributed by atoms with Crippen molar-refractivity contribution in [3.63, 3.8) is 0 Å². The van der Waals surface area contributed by atoms with Crippen molar-refractivity contribution < 1.29 is 0 Å². The Hall–Kier alpha value is -0.790. The van der Waals surface area contributed by atoms with Crippen LogP contribution in [0.4, 0.5) is 0 Å². The van der Waals surface area contributed by atoms with E-state index in [2.05, 4.69) is 22.5 Å². The SMILES string of the molecule is C1=C[C@H]2C[C@@H]1[C@H]1NC=N[C@H]12. The van der Waals surface area contributed by atoms with Crippen LogP contribution in [0.15, 0.2) is 17.1 Å². The van der Waals surface area contributed by atoms with Gasteiger partial charge in [-0.15, -0.1) is 0 Å². The Morgan fingerprint density at radius 3 is 3.10 bits per heavy atom. The molecule has 2 nitrogen and oxygen atoms in total. The van der Waals surface area contributed by atoms with Gasteiger partial charge in [0.05, 0.1) is 18.4 Å². The van der Waals surface area contributed by atoms with Crippen LogP contribution in [0.2, 0.25) is 0 Å². The van der Waals surface area contributed by atoms with Gasteiger partial charge in [-0.1, -0.05) is 12.2 Å². The fourth-order valence-electron chi connectivity index (χ4n) is 2.44. The molecule has 2 heteroatoms. The van der Waals surface area contributed by atoms with Gasteiger partial charge in [0.1, 0.15) is 0 Å². The van der Waals surface area contributed by atoms with Crippen LogP contribution in [0.25, 0.3) is 0 Å². The van der Waals surface area contributed by atoms with Gasteiger partial charge in [-0.25, -0.2) is 0 Å². The highest BCUT2D eigenvalue weighted by Crippen LogP contribution is 2.42. The number of hydrogen-bond donors (Lipinski definition) is 1. The molecule has 1 aliphatic heterocycles. The maximum Gasteiger partial charge on any atom is 0.0831 e. The Bertz CT molecular complexity index is 219. The van der Waals surface area contributed by atoms with Crippen molar-refractivity contribution >= 4 is 6.34 Å². The van der Waals surface area contributed by atoms with E-state index in [1.807, 2.05) is 6.34 Å². The molecule has 0 radical (unpaired) electrons. The zero-order valence-corrected chi connectivity index (χ0v) is 5.70. The highest BCUT2D eigenvalue weighted by atomic mass is 15.1. The zero-order chi connectivity index (χ0) is 6.55. The van der Waals surface area contributed by atoms with Gasteiger partial charge < -0.3 is 5.32 Å². The normalized spacial score (nSPS) is 53.6. The van der Waals surface area contributed by atoms with Crippen molar-refractivity contribution in [1.29, 1.82) is 0 Å². The lowest BCUT2D eigenvalue weighted by atomic mass is 9.98. The third-order valence-electron chi connectivity index (χ3n) is 2.93. The van der Waals surface area contributed by atoms with Crippen LogP contribution in [-0.2, 0) is 0 Å². The average Bonchev–Trinajstić information content (AvgIpc) is 2.60. The summed E-state index contributed by atoms with van der Waals surface area (Å²) in [5, 5.41) is 3.31. The fraction of sp³-hybridized carbons (Fsp3) is 0.625. The van der Waals surface area contributed by atoms with Crippen molar-refractivity contribution in [2.75, 3.05) is 0 Å². The standard InChI is InChI=1S/C8H10N2/c1-2-6-3-5(1)7-8(6)10-4-9-7/h1-2,4-8H,3H2,(H,9,10)/t5-,6+,7-,8+. The van der Waals surface area contributed by atoms with Crippen molar-refractivity contribution in [3.8, 4) is 0 Å². The second-order valence-electron chi connectivity index (χ2n) is 3.41. The summed E-state index contributed by atoms with van der Waals surface area (Å²) in [5.74, 6) is 1.53. The Kier molecular flexibility index (Phi) is 0.712. The van der Waals surface area contributed by atoms with Gasteiger partial charge >= 0.3 is 0 Å². The molecule has 1 fully saturated rings. The van der Waals surface area contributed by atoms with Crippen LogP contribution in [0.1, 0.15) is 6.42 Å². The highest BCUT2D eigenvalue weighted by Gasteiger charge is 2.45. The molecule has 1 saturated carbocycles. The van der Waals surface area contributed by atoms with E-state index < -0.39 is 0 Å². The smallest absolute Gasteiger partial charge is 0.0831 e. The van der Waals surface area contributed by atoms with E-state index in [9.17, 15) is 0 Å². The quantitative estimate of drug-likeness (QED) is 0.481. The Morgan fingerprint density at radius 2 is 2.20 bits per heavy atom. The fourth-order valence-corrected chi connectivity index (χ4v) is 2.44. The van der Waals surface area contributed by atoms with E-state index in [0.29, 0.717) is 12.1 Å². The van der Waals surface area contributed by atoms with Gasteiger partial charge in [-0.2, -0.15) is 0 Å². The van der Waals surface area contributed by atoms with Crippen LogP contribution in [-0.4, -0.2) is 18.4 Å². The first-order chi connectivity index (χ1) is 4.95. The Labute approximate surface area is 60.0 Å². The minimum Gasteiger partial charge on any atom is -0.371 e. The van der Waals surface area contributed by atoms with Crippen molar-refractivity contribution in [3.05, 3.63) is 12.2 Å². The van der Waals surface area contributed by atoms with Gasteiger partial charge in [0.25, 0.3) is 0 Å². The van der Waals surface area contributed by atoms with Crippen molar-refractivity contribution in [2.24, 2.45) is 16.8 Å². The van der Waals surface area contributed by atoms with Crippen LogP contribution in [0, 0.1) is 11.8 Å². The summed E-state index contributed by atoms with van der Waals surface area (Å²) in [6.07, 6.45) is 7.88. The number of hydrogen-bond acceptors (Lipinski definition) is 2. The van der Waals surface area contributed by atoms with Gasteiger partial charge in [-0.05, 0) is 12.3 Å². The summed E-state index contributed by atoms with van der Waals surface area (Å²) in [4.78, 5) is 4.39. The first-order valence-electron chi connectivity index (χ1n) is 3.91. The molecule has 3 aliphatic rings. The summed E-state index contributed by atoms with van der Waals surface area (Å²) in [7, 11) is 0. The van der Waals surface area contributed by atoms with Gasteiger partial charge in [0.2, 0.25) is 0 Å². The maximum absolute atomic E-state index is 4.39. The summed E-state index contributed by atoms with van der Waals surface area (Å²) in [6, 6.07) is 1.23. The summed E-state index contributed by atoms with van der Waals surface area (Å²) < 4.78 is 0. The summed E-state index contributed by atoms with van der Waals surface area (Å²) in [5.41, 5.74) is 0. The van der Waals surface area contributed by atoms with Crippen LogP contribution < -0.4 is 5.32 Å². The lowest BCUT2D eigenvalue weighted by molar-refractivity contribution is 0.498. The van der Waals surface area contributed by atoms with E-state index in [0.717, 1.165) is 11.8 Å². The lowest BCUT2D eigenvalue weighted by Gasteiger charge is -2.17. The molecule has 0 aromatic rings. The molecule has 0 unspecified atom stereocenters. The summed E-state index contributed by atoms with van der Waals surface area (Å²) >= 11 is 0. The molecule has 52 valence electrons. The molecule has 4 atom stereocenters. The number of nitrogens with zero attached hydrogens (tertiary/aromatic N) is 1. The largest absolute Gasteiger partial charge is 0.371 e. The van der Waals surface area contributed by atoms with E-state index >= 15 is 0 Å². The lowest BCUT2D eigenvalue weighted by Crippen LogP contribution is -2.34. The number of nitrogens with one attached hydrogen (secondary N) is 1. The maximum atomic E-state index is 4.39. The molecular weight excluding hydrogens is 124 g/mol. The predicted molar refractivity (Wildman–Crippen MR) is 39.9 cm³/mol. The minimum atomic E-state index is 0.579. The monoisotopic (exact) mass is 134 g/mol. The molecule has 2 aliphatic carbocycles. The zero-order valence-electron chi connectivity index (χ0n) is 5.70. The van der Waals surface area contributed by atoms with Gasteiger partial charge in [-0.3, -0.25) is 4.99 Å². The molecular formula is C8H10N2. The topological polar surface area (TPSA) is 24.4 Å².